The van der Waals surface area contributed by atoms with Gasteiger partial charge in [0.2, 0.25) is 5.95 Å². The van der Waals surface area contributed by atoms with Gasteiger partial charge in [-0.2, -0.15) is 0 Å². The molecule has 30 heavy (non-hydrogen) atoms. The number of pyridine rings is 1. The van der Waals surface area contributed by atoms with Gasteiger partial charge in [-0.3, -0.25) is 14.3 Å². The Bertz CT molecular complexity index is 1050. The molecule has 2 saturated heterocycles. The highest BCUT2D eigenvalue weighted by Crippen LogP contribution is 2.33. The average molecular weight is 404 g/mol. The summed E-state index contributed by atoms with van der Waals surface area (Å²) in [5.41, 5.74) is 4.72. The molecule has 3 unspecified atom stereocenters. The van der Waals surface area contributed by atoms with E-state index in [1.54, 1.807) is 0 Å². The fourth-order valence-corrected chi connectivity index (χ4v) is 5.66. The van der Waals surface area contributed by atoms with Gasteiger partial charge in [0.1, 0.15) is 5.65 Å². The summed E-state index contributed by atoms with van der Waals surface area (Å²) in [6.07, 6.45) is 9.53. The highest BCUT2D eigenvalue weighted by Gasteiger charge is 2.37. The first-order valence-electron chi connectivity index (χ1n) is 11.2. The van der Waals surface area contributed by atoms with Gasteiger partial charge in [-0.05, 0) is 55.8 Å². The molecule has 0 radical (unpaired) electrons. The number of hydrogen-bond acceptors (Lipinski definition) is 6. The molecule has 3 aliphatic rings. The summed E-state index contributed by atoms with van der Waals surface area (Å²) >= 11 is 0. The minimum atomic E-state index is 0.364. The lowest BCUT2D eigenvalue weighted by Gasteiger charge is -2.31. The zero-order chi connectivity index (χ0) is 20.1. The van der Waals surface area contributed by atoms with Crippen LogP contribution in [0.15, 0.2) is 36.8 Å². The summed E-state index contributed by atoms with van der Waals surface area (Å²) in [5.74, 6) is 2.53. The Hall–Kier alpha value is -2.51. The fourth-order valence-electron chi connectivity index (χ4n) is 5.66. The molecular weight excluding hydrogens is 374 g/mol. The second-order valence-electron chi connectivity index (χ2n) is 9.16. The molecule has 0 aromatic carbocycles. The first kappa shape index (κ1) is 18.3. The second-order valence-corrected chi connectivity index (χ2v) is 9.16. The summed E-state index contributed by atoms with van der Waals surface area (Å²) in [5, 5.41) is 3.52. The van der Waals surface area contributed by atoms with Gasteiger partial charge >= 0.3 is 0 Å². The summed E-state index contributed by atoms with van der Waals surface area (Å²) < 4.78 is 2.19. The SMILES string of the molecule is CN(Cc1cn2c(N3CC4CNCC4C3)nccc2n1)C1CCCc2cccnc21. The Morgan fingerprint density at radius 2 is 2.00 bits per heavy atom. The highest BCUT2D eigenvalue weighted by atomic mass is 15.3. The maximum Gasteiger partial charge on any atom is 0.211 e. The molecule has 6 rings (SSSR count). The van der Waals surface area contributed by atoms with E-state index in [2.05, 4.69) is 44.9 Å². The van der Waals surface area contributed by atoms with Crippen LogP contribution in [0.25, 0.3) is 5.65 Å². The Labute approximate surface area is 177 Å². The number of anilines is 1. The van der Waals surface area contributed by atoms with Crippen molar-refractivity contribution < 1.29 is 0 Å². The minimum Gasteiger partial charge on any atom is -0.341 e. The number of aryl methyl sites for hydroxylation is 1. The Balaban J connectivity index is 1.25. The first-order chi connectivity index (χ1) is 14.8. The van der Waals surface area contributed by atoms with E-state index in [0.29, 0.717) is 6.04 Å². The molecule has 3 aromatic rings. The average Bonchev–Trinajstić information content (AvgIpc) is 3.47. The largest absolute Gasteiger partial charge is 0.341 e. The van der Waals surface area contributed by atoms with Gasteiger partial charge in [-0.15, -0.1) is 0 Å². The second kappa shape index (κ2) is 7.32. The normalized spacial score (nSPS) is 25.8. The van der Waals surface area contributed by atoms with Crippen LogP contribution in [0.1, 0.15) is 35.8 Å². The van der Waals surface area contributed by atoms with Gasteiger partial charge in [0, 0.05) is 51.3 Å². The van der Waals surface area contributed by atoms with Gasteiger partial charge in [0.25, 0.3) is 0 Å². The molecule has 156 valence electrons. The molecule has 0 spiro atoms. The highest BCUT2D eigenvalue weighted by molar-refractivity contribution is 5.48. The number of hydrogen-bond donors (Lipinski definition) is 1. The zero-order valence-electron chi connectivity index (χ0n) is 17.5. The van der Waals surface area contributed by atoms with E-state index in [9.17, 15) is 0 Å². The lowest BCUT2D eigenvalue weighted by Crippen LogP contribution is -2.28. The summed E-state index contributed by atoms with van der Waals surface area (Å²) in [4.78, 5) is 19.2. The third-order valence-corrected chi connectivity index (χ3v) is 7.19. The van der Waals surface area contributed by atoms with Crippen LogP contribution in [0.2, 0.25) is 0 Å². The maximum atomic E-state index is 4.93. The molecule has 0 saturated carbocycles. The van der Waals surface area contributed by atoms with Crippen LogP contribution in [-0.2, 0) is 13.0 Å². The lowest BCUT2D eigenvalue weighted by atomic mass is 9.91. The van der Waals surface area contributed by atoms with E-state index in [1.165, 1.54) is 17.7 Å². The summed E-state index contributed by atoms with van der Waals surface area (Å²) in [6.45, 7) is 5.25. The van der Waals surface area contributed by atoms with Crippen molar-refractivity contribution in [2.24, 2.45) is 11.8 Å². The number of nitrogens with one attached hydrogen (secondary N) is 1. The molecule has 1 aliphatic carbocycles. The van der Waals surface area contributed by atoms with E-state index >= 15 is 0 Å². The maximum absolute atomic E-state index is 4.93. The van der Waals surface area contributed by atoms with Gasteiger partial charge in [0.15, 0.2) is 0 Å². The smallest absolute Gasteiger partial charge is 0.211 e. The van der Waals surface area contributed by atoms with Crippen molar-refractivity contribution in [3.8, 4) is 0 Å². The Kier molecular flexibility index (Phi) is 4.46. The Morgan fingerprint density at radius 1 is 1.13 bits per heavy atom. The van der Waals surface area contributed by atoms with Crippen LogP contribution in [-0.4, -0.2) is 57.5 Å². The van der Waals surface area contributed by atoms with E-state index in [0.717, 1.165) is 74.7 Å². The predicted molar refractivity (Wildman–Crippen MR) is 116 cm³/mol. The lowest BCUT2D eigenvalue weighted by molar-refractivity contribution is 0.206. The summed E-state index contributed by atoms with van der Waals surface area (Å²) in [6, 6.07) is 6.66. The number of fused-ring (bicyclic) bond motifs is 3. The van der Waals surface area contributed by atoms with Crippen molar-refractivity contribution in [2.75, 3.05) is 38.1 Å². The molecule has 0 bridgehead atoms. The molecule has 0 amide bonds. The van der Waals surface area contributed by atoms with Gasteiger partial charge < -0.3 is 10.2 Å². The van der Waals surface area contributed by atoms with Gasteiger partial charge in [-0.1, -0.05) is 6.07 Å². The molecular formula is C23H29N7. The van der Waals surface area contributed by atoms with Crippen molar-refractivity contribution in [1.82, 2.24) is 29.6 Å². The van der Waals surface area contributed by atoms with Crippen molar-refractivity contribution in [2.45, 2.75) is 31.8 Å². The standard InChI is InChI=1S/C23H29N7/c1-28(20-6-2-4-16-5-3-8-25-22(16)20)14-19-15-30-21(27-19)7-9-26-23(30)29-12-17-10-24-11-18(17)13-29/h3,5,7-9,15,17-18,20,24H,2,4,6,10-14H2,1H3. The quantitative estimate of drug-likeness (QED) is 0.721. The van der Waals surface area contributed by atoms with Crippen LogP contribution < -0.4 is 10.2 Å². The van der Waals surface area contributed by atoms with Crippen LogP contribution in [0.4, 0.5) is 5.95 Å². The predicted octanol–water partition coefficient (Wildman–Crippen LogP) is 2.29. The van der Waals surface area contributed by atoms with E-state index in [1.807, 2.05) is 18.5 Å². The van der Waals surface area contributed by atoms with Gasteiger partial charge in [0.05, 0.1) is 17.4 Å². The zero-order valence-corrected chi connectivity index (χ0v) is 17.5. The minimum absolute atomic E-state index is 0.364. The third-order valence-electron chi connectivity index (χ3n) is 7.19. The molecule has 3 aromatic heterocycles. The van der Waals surface area contributed by atoms with Crippen molar-refractivity contribution in [3.05, 3.63) is 53.7 Å². The molecule has 5 heterocycles. The molecule has 2 fully saturated rings. The fraction of sp³-hybridized carbons (Fsp3) is 0.522. The number of aromatic nitrogens is 4. The monoisotopic (exact) mass is 403 g/mol. The number of rotatable bonds is 4. The van der Waals surface area contributed by atoms with Gasteiger partial charge in [-0.25, -0.2) is 9.97 Å². The van der Waals surface area contributed by atoms with Crippen LogP contribution >= 0.6 is 0 Å². The third kappa shape index (κ3) is 3.08. The van der Waals surface area contributed by atoms with E-state index in [-0.39, 0.29) is 0 Å². The molecule has 7 nitrogen and oxygen atoms in total. The molecule has 7 heteroatoms. The van der Waals surface area contributed by atoms with Crippen molar-refractivity contribution in [3.63, 3.8) is 0 Å². The number of imidazole rings is 1. The number of nitrogens with zero attached hydrogens (tertiary/aromatic N) is 6. The first-order valence-corrected chi connectivity index (χ1v) is 11.2. The molecule has 1 N–H and O–H groups in total. The van der Waals surface area contributed by atoms with Crippen LogP contribution in [0.3, 0.4) is 0 Å². The van der Waals surface area contributed by atoms with Crippen molar-refractivity contribution in [1.29, 1.82) is 0 Å². The molecule has 3 atom stereocenters. The topological polar surface area (TPSA) is 61.6 Å². The molecule has 2 aliphatic heterocycles. The summed E-state index contributed by atoms with van der Waals surface area (Å²) in [7, 11) is 2.20. The Morgan fingerprint density at radius 3 is 2.87 bits per heavy atom. The van der Waals surface area contributed by atoms with E-state index in [4.69, 9.17) is 15.0 Å². The van der Waals surface area contributed by atoms with Crippen LogP contribution in [0, 0.1) is 11.8 Å². The van der Waals surface area contributed by atoms with Crippen LogP contribution in [0.5, 0.6) is 0 Å². The van der Waals surface area contributed by atoms with Crippen molar-refractivity contribution >= 4 is 11.6 Å². The van der Waals surface area contributed by atoms with E-state index < -0.39 is 0 Å².